The molecular formula is C26H25F2N5O4S2. The van der Waals surface area contributed by atoms with Gasteiger partial charge in [-0.1, -0.05) is 12.1 Å². The third kappa shape index (κ3) is 5.51. The molecule has 0 radical (unpaired) electrons. The van der Waals surface area contributed by atoms with Gasteiger partial charge < -0.3 is 20.5 Å². The predicted molar refractivity (Wildman–Crippen MR) is 145 cm³/mol. The average molecular weight is 574 g/mol. The van der Waals surface area contributed by atoms with E-state index in [0.717, 1.165) is 28.3 Å². The normalized spacial score (nSPS) is 13.6. The first-order valence-electron chi connectivity index (χ1n) is 11.9. The number of thiazole rings is 1. The van der Waals surface area contributed by atoms with Crippen LogP contribution in [0.25, 0.3) is 11.3 Å². The fourth-order valence-electron chi connectivity index (χ4n) is 4.15. The van der Waals surface area contributed by atoms with Gasteiger partial charge in [-0.05, 0) is 42.8 Å². The van der Waals surface area contributed by atoms with Crippen LogP contribution in [-0.4, -0.2) is 43.7 Å². The van der Waals surface area contributed by atoms with Crippen molar-refractivity contribution >= 4 is 32.2 Å². The number of phenols is 1. The van der Waals surface area contributed by atoms with Gasteiger partial charge in [0.1, 0.15) is 0 Å². The summed E-state index contributed by atoms with van der Waals surface area (Å²) in [7, 11) is -2.64. The summed E-state index contributed by atoms with van der Waals surface area (Å²) in [5, 5.41) is 16.5. The second-order valence-corrected chi connectivity index (χ2v) is 11.6. The van der Waals surface area contributed by atoms with Crippen molar-refractivity contribution in [2.24, 2.45) is 0 Å². The number of anilines is 2. The molecule has 4 N–H and O–H groups in total. The Hall–Kier alpha value is -3.81. The molecule has 1 saturated heterocycles. The Bertz CT molecular complexity index is 1640. The molecule has 1 aliphatic rings. The number of methoxy groups -OCH3 is 1. The minimum absolute atomic E-state index is 0.0174. The van der Waals surface area contributed by atoms with Crippen molar-refractivity contribution in [2.45, 2.75) is 24.4 Å². The molecule has 39 heavy (non-hydrogen) atoms. The molecule has 5 rings (SSSR count). The van der Waals surface area contributed by atoms with E-state index in [4.69, 9.17) is 4.74 Å². The van der Waals surface area contributed by atoms with E-state index in [1.54, 1.807) is 31.2 Å². The fourth-order valence-corrected chi connectivity index (χ4v) is 6.63. The van der Waals surface area contributed by atoms with Gasteiger partial charge in [-0.3, -0.25) is 4.72 Å². The first-order valence-corrected chi connectivity index (χ1v) is 14.2. The maximum atomic E-state index is 13.9. The van der Waals surface area contributed by atoms with E-state index in [2.05, 4.69) is 25.3 Å². The van der Waals surface area contributed by atoms with Crippen molar-refractivity contribution in [1.82, 2.24) is 15.3 Å². The smallest absolute Gasteiger partial charge is 0.281 e. The summed E-state index contributed by atoms with van der Waals surface area (Å²) in [5.74, 6) is -1.53. The van der Waals surface area contributed by atoms with Gasteiger partial charge in [-0.25, -0.2) is 18.7 Å². The van der Waals surface area contributed by atoms with Crippen LogP contribution < -0.4 is 20.1 Å². The first kappa shape index (κ1) is 26.8. The van der Waals surface area contributed by atoms with Crippen LogP contribution >= 0.6 is 11.3 Å². The number of aryl methyl sites for hydroxylation is 1. The largest absolute Gasteiger partial charge is 0.504 e. The number of phenolic OH excluding ortho intramolecular Hbond substituents is 1. The third-order valence-corrected chi connectivity index (χ3v) is 8.95. The van der Waals surface area contributed by atoms with Crippen LogP contribution in [0.15, 0.2) is 53.7 Å². The van der Waals surface area contributed by atoms with Gasteiger partial charge >= 0.3 is 0 Å². The molecule has 9 nitrogen and oxygen atoms in total. The number of para-hydroxylation sites is 1. The van der Waals surface area contributed by atoms with Crippen molar-refractivity contribution in [3.8, 4) is 22.8 Å². The zero-order chi connectivity index (χ0) is 27.7. The van der Waals surface area contributed by atoms with Gasteiger partial charge in [0.25, 0.3) is 10.0 Å². The lowest BCUT2D eigenvalue weighted by Crippen LogP contribution is -2.39. The number of benzene rings is 2. The quantitative estimate of drug-likeness (QED) is 0.229. The second-order valence-electron chi connectivity index (χ2n) is 8.99. The molecule has 2 aromatic heterocycles. The lowest BCUT2D eigenvalue weighted by atomic mass is 9.97. The summed E-state index contributed by atoms with van der Waals surface area (Å²) in [4.78, 5) is 9.38. The lowest BCUT2D eigenvalue weighted by molar-refractivity contribution is 0.371. The summed E-state index contributed by atoms with van der Waals surface area (Å²) < 4.78 is 61.5. The van der Waals surface area contributed by atoms with Gasteiger partial charge in [0, 0.05) is 41.6 Å². The molecule has 0 unspecified atom stereocenters. The summed E-state index contributed by atoms with van der Waals surface area (Å²) in [6.45, 7) is 3.23. The molecular weight excluding hydrogens is 548 g/mol. The number of hydrogen-bond acceptors (Lipinski definition) is 9. The monoisotopic (exact) mass is 573 g/mol. The van der Waals surface area contributed by atoms with Crippen LogP contribution in [0.2, 0.25) is 0 Å². The first-order chi connectivity index (χ1) is 18.7. The minimum atomic E-state index is -4.11. The van der Waals surface area contributed by atoms with Gasteiger partial charge in [0.15, 0.2) is 33.3 Å². The maximum Gasteiger partial charge on any atom is 0.281 e. The Kier molecular flexibility index (Phi) is 7.38. The molecule has 0 amide bonds. The van der Waals surface area contributed by atoms with Crippen molar-refractivity contribution < 1.29 is 27.0 Å². The highest BCUT2D eigenvalue weighted by Gasteiger charge is 2.29. The van der Waals surface area contributed by atoms with E-state index in [0.29, 0.717) is 46.9 Å². The van der Waals surface area contributed by atoms with Crippen LogP contribution in [0.4, 0.5) is 19.6 Å². The number of aromatic hydroxyl groups is 1. The van der Waals surface area contributed by atoms with Crippen molar-refractivity contribution in [3.63, 3.8) is 0 Å². The highest BCUT2D eigenvalue weighted by molar-refractivity contribution is 7.92. The van der Waals surface area contributed by atoms with Crippen molar-refractivity contribution in [1.29, 1.82) is 0 Å². The van der Waals surface area contributed by atoms with E-state index in [1.807, 2.05) is 0 Å². The van der Waals surface area contributed by atoms with Crippen molar-refractivity contribution in [3.05, 3.63) is 76.3 Å². The molecule has 0 atom stereocenters. The van der Waals surface area contributed by atoms with E-state index in [-0.39, 0.29) is 28.4 Å². The van der Waals surface area contributed by atoms with E-state index >= 15 is 0 Å². The number of rotatable bonds is 9. The summed E-state index contributed by atoms with van der Waals surface area (Å²) in [5.41, 5.74) is 2.33. The summed E-state index contributed by atoms with van der Waals surface area (Å²) in [6.07, 6.45) is 1.39. The molecule has 13 heteroatoms. The van der Waals surface area contributed by atoms with Crippen LogP contribution in [0, 0.1) is 18.6 Å². The van der Waals surface area contributed by atoms with Gasteiger partial charge in [-0.2, -0.15) is 8.42 Å². The predicted octanol–water partition coefficient (Wildman–Crippen LogP) is 4.61. The van der Waals surface area contributed by atoms with Gasteiger partial charge in [0.2, 0.25) is 0 Å². The number of nitrogens with zero attached hydrogens (tertiary/aromatic N) is 2. The molecule has 204 valence electrons. The van der Waals surface area contributed by atoms with E-state index in [9.17, 15) is 22.3 Å². The highest BCUT2D eigenvalue weighted by atomic mass is 32.2. The number of ether oxygens (including phenoxy) is 1. The Morgan fingerprint density at radius 2 is 1.97 bits per heavy atom. The molecule has 2 aromatic carbocycles. The zero-order valence-electron chi connectivity index (χ0n) is 21.0. The lowest BCUT2D eigenvalue weighted by Gasteiger charge is -2.26. The topological polar surface area (TPSA) is 125 Å². The number of sulfonamides is 1. The molecule has 1 fully saturated rings. The summed E-state index contributed by atoms with van der Waals surface area (Å²) in [6, 6.07) is 10.3. The molecule has 0 aliphatic carbocycles. The zero-order valence-corrected chi connectivity index (χ0v) is 22.6. The standard InChI is InChI=1S/C26H25F2N5O4S2/c1-14-8-18(30-12-16-4-3-5-21(37-2)23(16)34)13-31-25(14)39(35,36)33-26-32-22(24(38-26)17-10-29-11-17)15-6-7-19(27)20(28)9-15/h3-9,13,17,29-30,34H,10-12H2,1-2H3,(H,32,33). The SMILES string of the molecule is COc1cccc(CNc2cnc(S(=O)(=O)Nc3nc(-c4ccc(F)c(F)c4)c(C4CNC4)s3)c(C)c2)c1O. The Morgan fingerprint density at radius 3 is 2.64 bits per heavy atom. The molecule has 3 heterocycles. The van der Waals surface area contributed by atoms with Crippen LogP contribution in [0.3, 0.4) is 0 Å². The summed E-state index contributed by atoms with van der Waals surface area (Å²) >= 11 is 1.16. The number of halogens is 2. The van der Waals surface area contributed by atoms with Crippen LogP contribution in [-0.2, 0) is 16.6 Å². The maximum absolute atomic E-state index is 13.9. The fraction of sp³-hybridized carbons (Fsp3) is 0.231. The molecule has 0 saturated carbocycles. The molecule has 0 spiro atoms. The molecule has 0 bridgehead atoms. The van der Waals surface area contributed by atoms with Gasteiger partial charge in [0.05, 0.1) is 24.7 Å². The highest BCUT2D eigenvalue weighted by Crippen LogP contribution is 2.39. The molecule has 1 aliphatic heterocycles. The number of hydrogen-bond donors (Lipinski definition) is 4. The van der Waals surface area contributed by atoms with Gasteiger partial charge in [-0.15, -0.1) is 11.3 Å². The third-order valence-electron chi connectivity index (χ3n) is 6.29. The average Bonchev–Trinajstić information content (AvgIpc) is 3.25. The van der Waals surface area contributed by atoms with E-state index in [1.165, 1.54) is 19.4 Å². The van der Waals surface area contributed by atoms with Crippen LogP contribution in [0.5, 0.6) is 11.5 Å². The van der Waals surface area contributed by atoms with Crippen molar-refractivity contribution in [2.75, 3.05) is 30.2 Å². The number of nitrogens with one attached hydrogen (secondary N) is 3. The van der Waals surface area contributed by atoms with Crippen LogP contribution in [0.1, 0.15) is 21.9 Å². The number of pyridine rings is 1. The Labute approximate surface area is 228 Å². The second kappa shape index (κ2) is 10.8. The number of aromatic nitrogens is 2. The van der Waals surface area contributed by atoms with E-state index < -0.39 is 21.7 Å². The Balaban J connectivity index is 1.36. The minimum Gasteiger partial charge on any atom is -0.504 e. The molecule has 4 aromatic rings. The Morgan fingerprint density at radius 1 is 1.18 bits per heavy atom.